The van der Waals surface area contributed by atoms with Crippen LogP contribution in [0.5, 0.6) is 0 Å². The van der Waals surface area contributed by atoms with E-state index < -0.39 is 0 Å². The Morgan fingerprint density at radius 2 is 2.00 bits per heavy atom. The van der Waals surface area contributed by atoms with E-state index in [1.54, 1.807) is 11.3 Å². The Hall–Kier alpha value is -2.07. The number of H-pyrrole nitrogens is 1. The number of aromatic amines is 1. The third-order valence-electron chi connectivity index (χ3n) is 5.34. The highest BCUT2D eigenvalue weighted by Crippen LogP contribution is 2.33. The summed E-state index contributed by atoms with van der Waals surface area (Å²) in [4.78, 5) is 17.3. The molecule has 0 radical (unpaired) electrons. The van der Waals surface area contributed by atoms with Crippen LogP contribution in [0.4, 0.5) is 0 Å². The molecule has 1 aliphatic rings. The molecular formula is C21H24N2OS. The molecule has 0 saturated heterocycles. The third-order valence-corrected chi connectivity index (χ3v) is 6.33. The fourth-order valence-electron chi connectivity index (χ4n) is 3.95. The summed E-state index contributed by atoms with van der Waals surface area (Å²) in [6.45, 7) is 0.664. The predicted molar refractivity (Wildman–Crippen MR) is 104 cm³/mol. The summed E-state index contributed by atoms with van der Waals surface area (Å²) in [7, 11) is 0. The first-order valence-corrected chi connectivity index (χ1v) is 10.1. The molecule has 0 aliphatic heterocycles. The van der Waals surface area contributed by atoms with Crippen LogP contribution in [-0.4, -0.2) is 17.4 Å². The number of hydrogen-bond donors (Lipinski definition) is 2. The number of benzene rings is 1. The topological polar surface area (TPSA) is 44.9 Å². The second kappa shape index (κ2) is 7.44. The smallest absolute Gasteiger partial charge is 0.223 e. The first-order valence-electron chi connectivity index (χ1n) is 9.20. The molecular weight excluding hydrogens is 328 g/mol. The van der Waals surface area contributed by atoms with E-state index in [9.17, 15) is 4.79 Å². The van der Waals surface area contributed by atoms with Gasteiger partial charge in [0.05, 0.1) is 0 Å². The number of fused-ring (bicyclic) bond motifs is 1. The van der Waals surface area contributed by atoms with Gasteiger partial charge in [-0.3, -0.25) is 4.79 Å². The second-order valence-electron chi connectivity index (χ2n) is 6.94. The van der Waals surface area contributed by atoms with Gasteiger partial charge < -0.3 is 10.3 Å². The molecule has 2 N–H and O–H groups in total. The van der Waals surface area contributed by atoms with Gasteiger partial charge in [0.15, 0.2) is 0 Å². The highest BCUT2D eigenvalue weighted by atomic mass is 32.1. The van der Waals surface area contributed by atoms with E-state index in [1.165, 1.54) is 35.1 Å². The van der Waals surface area contributed by atoms with Crippen LogP contribution in [0.2, 0.25) is 0 Å². The molecule has 0 bridgehead atoms. The van der Waals surface area contributed by atoms with Crippen molar-refractivity contribution >= 4 is 28.1 Å². The molecule has 1 atom stereocenters. The number of amides is 1. The lowest BCUT2D eigenvalue weighted by Crippen LogP contribution is -2.34. The molecule has 4 heteroatoms. The lowest BCUT2D eigenvalue weighted by molar-refractivity contribution is -0.125. The largest absolute Gasteiger partial charge is 0.361 e. The number of rotatable bonds is 5. The van der Waals surface area contributed by atoms with Crippen LogP contribution in [0.1, 0.15) is 48.5 Å². The Labute approximate surface area is 152 Å². The van der Waals surface area contributed by atoms with Crippen molar-refractivity contribution in [3.05, 3.63) is 58.4 Å². The average Bonchev–Trinajstić information content (AvgIpc) is 3.33. The Kier molecular flexibility index (Phi) is 4.88. The van der Waals surface area contributed by atoms with E-state index in [4.69, 9.17) is 0 Å². The van der Waals surface area contributed by atoms with E-state index in [2.05, 4.69) is 52.2 Å². The molecule has 3 aromatic rings. The van der Waals surface area contributed by atoms with Crippen LogP contribution in [0.15, 0.2) is 48.0 Å². The zero-order valence-corrected chi connectivity index (χ0v) is 15.1. The van der Waals surface area contributed by atoms with Gasteiger partial charge in [0.25, 0.3) is 0 Å². The van der Waals surface area contributed by atoms with Gasteiger partial charge in [0, 0.05) is 40.4 Å². The van der Waals surface area contributed by atoms with Gasteiger partial charge in [0.2, 0.25) is 5.91 Å². The van der Waals surface area contributed by atoms with Crippen molar-refractivity contribution in [2.75, 3.05) is 6.54 Å². The summed E-state index contributed by atoms with van der Waals surface area (Å²) in [5, 5.41) is 6.60. The molecule has 130 valence electrons. The molecule has 1 aromatic carbocycles. The Morgan fingerprint density at radius 3 is 2.80 bits per heavy atom. The minimum Gasteiger partial charge on any atom is -0.361 e. The van der Waals surface area contributed by atoms with Crippen LogP contribution in [0.25, 0.3) is 10.9 Å². The number of hydrogen-bond acceptors (Lipinski definition) is 2. The summed E-state index contributed by atoms with van der Waals surface area (Å²) in [6, 6.07) is 12.6. The summed E-state index contributed by atoms with van der Waals surface area (Å²) >= 11 is 1.76. The first-order chi connectivity index (χ1) is 12.3. The summed E-state index contributed by atoms with van der Waals surface area (Å²) < 4.78 is 0. The van der Waals surface area contributed by atoms with E-state index in [1.807, 2.05) is 6.07 Å². The first kappa shape index (κ1) is 16.4. The Bertz CT molecular complexity index is 831. The summed E-state index contributed by atoms with van der Waals surface area (Å²) in [5.41, 5.74) is 2.42. The standard InChI is InChI=1S/C21H24N2OS/c24-21(15-7-2-1-3-8-15)23-14-18(20-11-6-12-25-20)17-13-22-19-10-5-4-9-16(17)19/h4-6,9-13,15,18,22H,1-3,7-8,14H2,(H,23,24). The van der Waals surface area contributed by atoms with Crippen molar-refractivity contribution in [2.45, 2.75) is 38.0 Å². The highest BCUT2D eigenvalue weighted by Gasteiger charge is 2.24. The molecule has 25 heavy (non-hydrogen) atoms. The Balaban J connectivity index is 1.56. The molecule has 2 heterocycles. The molecule has 2 aromatic heterocycles. The van der Waals surface area contributed by atoms with Gasteiger partial charge in [-0.05, 0) is 35.9 Å². The average molecular weight is 353 g/mol. The molecule has 0 spiro atoms. The molecule has 1 unspecified atom stereocenters. The van der Waals surface area contributed by atoms with Gasteiger partial charge in [-0.2, -0.15) is 0 Å². The van der Waals surface area contributed by atoms with Crippen LogP contribution in [0.3, 0.4) is 0 Å². The van der Waals surface area contributed by atoms with Crippen LogP contribution >= 0.6 is 11.3 Å². The lowest BCUT2D eigenvalue weighted by Gasteiger charge is -2.23. The van der Waals surface area contributed by atoms with E-state index >= 15 is 0 Å². The van der Waals surface area contributed by atoms with Crippen LogP contribution in [0, 0.1) is 5.92 Å². The van der Waals surface area contributed by atoms with Crippen molar-refractivity contribution in [3.8, 4) is 0 Å². The zero-order valence-electron chi connectivity index (χ0n) is 14.3. The minimum absolute atomic E-state index is 0.198. The van der Waals surface area contributed by atoms with Crippen molar-refractivity contribution in [3.63, 3.8) is 0 Å². The van der Waals surface area contributed by atoms with Crippen LogP contribution < -0.4 is 5.32 Å². The van der Waals surface area contributed by atoms with Gasteiger partial charge in [0.1, 0.15) is 0 Å². The maximum Gasteiger partial charge on any atom is 0.223 e. The number of aromatic nitrogens is 1. The number of nitrogens with one attached hydrogen (secondary N) is 2. The van der Waals surface area contributed by atoms with Crippen molar-refractivity contribution < 1.29 is 4.79 Å². The van der Waals surface area contributed by atoms with Crippen molar-refractivity contribution in [2.24, 2.45) is 5.92 Å². The number of carbonyl (C=O) groups excluding carboxylic acids is 1. The molecule has 1 fully saturated rings. The van der Waals surface area contributed by atoms with Gasteiger partial charge >= 0.3 is 0 Å². The normalized spacial score (nSPS) is 16.8. The number of para-hydroxylation sites is 1. The lowest BCUT2D eigenvalue weighted by atomic mass is 9.88. The quantitative estimate of drug-likeness (QED) is 0.662. The fraction of sp³-hybridized carbons (Fsp3) is 0.381. The fourth-order valence-corrected chi connectivity index (χ4v) is 4.79. The zero-order chi connectivity index (χ0) is 17.1. The number of carbonyl (C=O) groups is 1. The highest BCUT2D eigenvalue weighted by molar-refractivity contribution is 7.10. The predicted octanol–water partition coefficient (Wildman–Crippen LogP) is 5.06. The molecule has 1 saturated carbocycles. The van der Waals surface area contributed by atoms with Gasteiger partial charge in [-0.25, -0.2) is 0 Å². The van der Waals surface area contributed by atoms with Crippen LogP contribution in [-0.2, 0) is 4.79 Å². The van der Waals surface area contributed by atoms with Crippen molar-refractivity contribution in [1.82, 2.24) is 10.3 Å². The molecule has 4 rings (SSSR count). The second-order valence-corrected chi connectivity index (χ2v) is 7.92. The van der Waals surface area contributed by atoms with Gasteiger partial charge in [-0.15, -0.1) is 11.3 Å². The third kappa shape index (κ3) is 3.49. The van der Waals surface area contributed by atoms with E-state index in [0.717, 1.165) is 18.4 Å². The maximum atomic E-state index is 12.6. The van der Waals surface area contributed by atoms with Gasteiger partial charge in [-0.1, -0.05) is 43.5 Å². The molecule has 3 nitrogen and oxygen atoms in total. The summed E-state index contributed by atoms with van der Waals surface area (Å²) in [6.07, 6.45) is 7.84. The van der Waals surface area contributed by atoms with Crippen molar-refractivity contribution in [1.29, 1.82) is 0 Å². The van der Waals surface area contributed by atoms with E-state index in [0.29, 0.717) is 6.54 Å². The molecule has 1 aliphatic carbocycles. The maximum absolute atomic E-state index is 12.6. The monoisotopic (exact) mass is 352 g/mol. The van der Waals surface area contributed by atoms with E-state index in [-0.39, 0.29) is 17.7 Å². The minimum atomic E-state index is 0.198. The summed E-state index contributed by atoms with van der Waals surface area (Å²) in [5.74, 6) is 0.644. The molecule has 1 amide bonds. The SMILES string of the molecule is O=C(NCC(c1cccs1)c1c[nH]c2ccccc12)C1CCCCC1. The Morgan fingerprint density at radius 1 is 1.16 bits per heavy atom. The number of thiophene rings is 1.